The summed E-state index contributed by atoms with van der Waals surface area (Å²) in [5.41, 5.74) is 1.93. The molecule has 0 radical (unpaired) electrons. The molecule has 1 aromatic carbocycles. The molecule has 0 spiro atoms. The second-order valence-corrected chi connectivity index (χ2v) is 4.51. The fourth-order valence-electron chi connectivity index (χ4n) is 2.39. The highest BCUT2D eigenvalue weighted by molar-refractivity contribution is 5.90. The van der Waals surface area contributed by atoms with E-state index in [0.717, 1.165) is 19.3 Å². The molecule has 2 heteroatoms. The summed E-state index contributed by atoms with van der Waals surface area (Å²) in [6.45, 7) is 5.89. The number of hydrogen-bond donors (Lipinski definition) is 0. The van der Waals surface area contributed by atoms with Crippen LogP contribution >= 0.6 is 0 Å². The summed E-state index contributed by atoms with van der Waals surface area (Å²) in [7, 11) is 0. The van der Waals surface area contributed by atoms with Crippen molar-refractivity contribution in [2.75, 3.05) is 0 Å². The van der Waals surface area contributed by atoms with Crippen LogP contribution < -0.4 is 0 Å². The molecule has 1 aliphatic heterocycles. The number of cyclic esters (lactones) is 1. The Hall–Kier alpha value is -1.57. The van der Waals surface area contributed by atoms with Gasteiger partial charge in [0.25, 0.3) is 0 Å². The lowest BCUT2D eigenvalue weighted by atomic mass is 9.91. The van der Waals surface area contributed by atoms with Crippen LogP contribution in [0.25, 0.3) is 0 Å². The zero-order valence-corrected chi connectivity index (χ0v) is 10.2. The van der Waals surface area contributed by atoms with Crippen molar-refractivity contribution in [1.82, 2.24) is 0 Å². The molecule has 90 valence electrons. The highest BCUT2D eigenvalue weighted by Crippen LogP contribution is 2.31. The number of aryl methyl sites for hydroxylation is 1. The Balaban J connectivity index is 1.96. The van der Waals surface area contributed by atoms with Crippen molar-refractivity contribution in [1.29, 1.82) is 0 Å². The predicted octanol–water partition coefficient (Wildman–Crippen LogP) is 3.13. The Bertz CT molecular complexity index is 408. The average Bonchev–Trinajstić information content (AvgIpc) is 2.63. The molecule has 2 atom stereocenters. The van der Waals surface area contributed by atoms with Crippen LogP contribution in [-0.4, -0.2) is 12.1 Å². The number of carbonyl (C=O) groups is 1. The maximum atomic E-state index is 11.4. The Morgan fingerprint density at radius 2 is 2.00 bits per heavy atom. The number of esters is 1. The van der Waals surface area contributed by atoms with Gasteiger partial charge in [-0.3, -0.25) is 0 Å². The summed E-state index contributed by atoms with van der Waals surface area (Å²) in [4.78, 5) is 11.4. The molecule has 1 saturated heterocycles. The van der Waals surface area contributed by atoms with Crippen molar-refractivity contribution in [2.24, 2.45) is 5.92 Å². The van der Waals surface area contributed by atoms with Crippen LogP contribution in [0.4, 0.5) is 0 Å². The Kier molecular flexibility index (Phi) is 3.62. The van der Waals surface area contributed by atoms with Crippen molar-refractivity contribution in [3.05, 3.63) is 48.0 Å². The van der Waals surface area contributed by atoms with Gasteiger partial charge in [0.2, 0.25) is 0 Å². The fraction of sp³-hybridized carbons (Fsp3) is 0.400. The maximum absolute atomic E-state index is 11.4. The van der Waals surface area contributed by atoms with Crippen molar-refractivity contribution in [3.8, 4) is 0 Å². The first-order valence-corrected chi connectivity index (χ1v) is 6.16. The first kappa shape index (κ1) is 11.9. The molecule has 2 nitrogen and oxygen atoms in total. The number of benzene rings is 1. The molecule has 2 rings (SSSR count). The minimum Gasteiger partial charge on any atom is -0.458 e. The van der Waals surface area contributed by atoms with Crippen LogP contribution in [0.2, 0.25) is 0 Å². The molecule has 17 heavy (non-hydrogen) atoms. The summed E-state index contributed by atoms with van der Waals surface area (Å²) in [6.07, 6.45) is 2.76. The molecule has 1 heterocycles. The van der Waals surface area contributed by atoms with Gasteiger partial charge in [0, 0.05) is 11.5 Å². The van der Waals surface area contributed by atoms with Gasteiger partial charge in [-0.1, -0.05) is 43.8 Å². The Labute approximate surface area is 102 Å². The monoisotopic (exact) mass is 230 g/mol. The van der Waals surface area contributed by atoms with Gasteiger partial charge in [0.05, 0.1) is 0 Å². The van der Waals surface area contributed by atoms with E-state index in [1.54, 1.807) is 0 Å². The molecule has 0 N–H and O–H groups in total. The lowest BCUT2D eigenvalue weighted by molar-refractivity contribution is -0.139. The zero-order valence-electron chi connectivity index (χ0n) is 10.2. The third-order valence-corrected chi connectivity index (χ3v) is 3.42. The summed E-state index contributed by atoms with van der Waals surface area (Å²) < 4.78 is 5.36. The lowest BCUT2D eigenvalue weighted by Gasteiger charge is -2.15. The van der Waals surface area contributed by atoms with Crippen molar-refractivity contribution < 1.29 is 9.53 Å². The van der Waals surface area contributed by atoms with Gasteiger partial charge in [-0.2, -0.15) is 0 Å². The molecular formula is C15H18O2. The van der Waals surface area contributed by atoms with E-state index < -0.39 is 0 Å². The van der Waals surface area contributed by atoms with Crippen molar-refractivity contribution >= 4 is 5.97 Å². The SMILES string of the molecule is C=C1C(=O)O[C@H](CCc2ccccc2)[C@@H]1CC. The van der Waals surface area contributed by atoms with Crippen LogP contribution in [-0.2, 0) is 16.0 Å². The molecule has 0 aromatic heterocycles. The number of hydrogen-bond acceptors (Lipinski definition) is 2. The first-order valence-electron chi connectivity index (χ1n) is 6.16. The van der Waals surface area contributed by atoms with Crippen LogP contribution in [0.1, 0.15) is 25.3 Å². The second-order valence-electron chi connectivity index (χ2n) is 4.51. The third kappa shape index (κ3) is 2.57. The van der Waals surface area contributed by atoms with Crippen LogP contribution in [0.3, 0.4) is 0 Å². The van der Waals surface area contributed by atoms with Gasteiger partial charge in [-0.25, -0.2) is 4.79 Å². The highest BCUT2D eigenvalue weighted by atomic mass is 16.6. The molecule has 0 amide bonds. The van der Waals surface area contributed by atoms with Gasteiger partial charge in [-0.15, -0.1) is 0 Å². The number of rotatable bonds is 4. The average molecular weight is 230 g/mol. The second kappa shape index (κ2) is 5.17. The van der Waals surface area contributed by atoms with Gasteiger partial charge < -0.3 is 4.74 Å². The topological polar surface area (TPSA) is 26.3 Å². The van der Waals surface area contributed by atoms with E-state index in [9.17, 15) is 4.79 Å². The molecular weight excluding hydrogens is 212 g/mol. The van der Waals surface area contributed by atoms with Crippen molar-refractivity contribution in [3.63, 3.8) is 0 Å². The van der Waals surface area contributed by atoms with Gasteiger partial charge in [-0.05, 0) is 24.8 Å². The summed E-state index contributed by atoms with van der Waals surface area (Å²) in [5, 5.41) is 0. The summed E-state index contributed by atoms with van der Waals surface area (Å²) >= 11 is 0. The fourth-order valence-corrected chi connectivity index (χ4v) is 2.39. The highest BCUT2D eigenvalue weighted by Gasteiger charge is 2.36. The van der Waals surface area contributed by atoms with E-state index in [1.165, 1.54) is 5.56 Å². The normalized spacial score (nSPS) is 23.8. The molecule has 0 bridgehead atoms. The molecule has 1 aromatic rings. The first-order chi connectivity index (χ1) is 8.22. The third-order valence-electron chi connectivity index (χ3n) is 3.42. The molecule has 1 fully saturated rings. The number of carbonyl (C=O) groups excluding carboxylic acids is 1. The van der Waals surface area contributed by atoms with E-state index >= 15 is 0 Å². The zero-order chi connectivity index (χ0) is 12.3. The molecule has 1 aliphatic rings. The maximum Gasteiger partial charge on any atom is 0.334 e. The molecule has 0 unspecified atom stereocenters. The smallest absolute Gasteiger partial charge is 0.334 e. The van der Waals surface area contributed by atoms with Crippen LogP contribution in [0, 0.1) is 5.92 Å². The van der Waals surface area contributed by atoms with E-state index in [0.29, 0.717) is 5.57 Å². The van der Waals surface area contributed by atoms with Gasteiger partial charge >= 0.3 is 5.97 Å². The van der Waals surface area contributed by atoms with Gasteiger partial charge in [0.1, 0.15) is 6.10 Å². The van der Waals surface area contributed by atoms with Crippen molar-refractivity contribution in [2.45, 2.75) is 32.3 Å². The summed E-state index contributed by atoms with van der Waals surface area (Å²) in [5.74, 6) is -0.0128. The van der Waals surface area contributed by atoms with Crippen LogP contribution in [0.5, 0.6) is 0 Å². The minimum absolute atomic E-state index is 0.0141. The molecule has 0 saturated carbocycles. The largest absolute Gasteiger partial charge is 0.458 e. The van der Waals surface area contributed by atoms with Crippen LogP contribution in [0.15, 0.2) is 42.5 Å². The lowest BCUT2D eigenvalue weighted by Crippen LogP contribution is -2.16. The van der Waals surface area contributed by atoms with E-state index in [1.807, 2.05) is 18.2 Å². The minimum atomic E-state index is -0.213. The van der Waals surface area contributed by atoms with Gasteiger partial charge in [0.15, 0.2) is 0 Å². The van der Waals surface area contributed by atoms with E-state index in [4.69, 9.17) is 4.74 Å². The molecule has 0 aliphatic carbocycles. The quantitative estimate of drug-likeness (QED) is 0.586. The number of ether oxygens (including phenoxy) is 1. The summed E-state index contributed by atoms with van der Waals surface area (Å²) in [6, 6.07) is 10.3. The standard InChI is InChI=1S/C15H18O2/c1-3-13-11(2)15(16)17-14(13)10-9-12-7-5-4-6-8-12/h4-8,13-14H,2-3,9-10H2,1H3/t13-,14-/m1/s1. The van der Waals surface area contributed by atoms with E-state index in [-0.39, 0.29) is 18.0 Å². The predicted molar refractivity (Wildman–Crippen MR) is 67.6 cm³/mol. The van der Waals surface area contributed by atoms with E-state index in [2.05, 4.69) is 25.6 Å². The Morgan fingerprint density at radius 1 is 1.29 bits per heavy atom. The Morgan fingerprint density at radius 3 is 2.65 bits per heavy atom.